The molecule has 2 aromatic heterocycles. The molecular weight excluding hydrogens is 384 g/mol. The maximum atomic E-state index is 6.08. The van der Waals surface area contributed by atoms with Gasteiger partial charge >= 0.3 is 0 Å². The van der Waals surface area contributed by atoms with Gasteiger partial charge in [0.05, 0.1) is 6.04 Å². The molecule has 1 aliphatic heterocycles. The molecule has 29 heavy (non-hydrogen) atoms. The van der Waals surface area contributed by atoms with Gasteiger partial charge in [-0.25, -0.2) is 0 Å². The molecule has 6 heteroatoms. The van der Waals surface area contributed by atoms with E-state index in [1.807, 2.05) is 24.3 Å². The molecule has 0 spiro atoms. The van der Waals surface area contributed by atoms with Gasteiger partial charge in [0.2, 0.25) is 11.8 Å². The first kappa shape index (κ1) is 18.4. The lowest BCUT2D eigenvalue weighted by Gasteiger charge is -2.34. The second kappa shape index (κ2) is 7.65. The van der Waals surface area contributed by atoms with Crippen LogP contribution >= 0.6 is 11.6 Å². The van der Waals surface area contributed by atoms with Crippen LogP contribution in [-0.4, -0.2) is 33.2 Å². The van der Waals surface area contributed by atoms with Gasteiger partial charge in [0.1, 0.15) is 0 Å². The molecule has 0 radical (unpaired) electrons. The Morgan fingerprint density at radius 2 is 1.93 bits per heavy atom. The minimum atomic E-state index is 0.0966. The van der Waals surface area contributed by atoms with Crippen LogP contribution in [0.3, 0.4) is 0 Å². The number of aromatic nitrogens is 3. The minimum Gasteiger partial charge on any atom is -0.419 e. The fourth-order valence-electron chi connectivity index (χ4n) is 4.33. The first-order chi connectivity index (χ1) is 14.2. The molecule has 5 nitrogen and oxygen atoms in total. The fraction of sp³-hybridized carbons (Fsp3) is 0.304. The van der Waals surface area contributed by atoms with Crippen LogP contribution in [0.25, 0.3) is 22.4 Å². The summed E-state index contributed by atoms with van der Waals surface area (Å²) in [5, 5.41) is 10.5. The summed E-state index contributed by atoms with van der Waals surface area (Å²) in [7, 11) is 0. The number of nitrogens with one attached hydrogen (secondary N) is 1. The highest BCUT2D eigenvalue weighted by Gasteiger charge is 2.28. The Morgan fingerprint density at radius 3 is 2.76 bits per heavy atom. The van der Waals surface area contributed by atoms with Crippen molar-refractivity contribution in [3.8, 4) is 11.5 Å². The topological polar surface area (TPSA) is 58.0 Å². The molecule has 0 saturated carbocycles. The molecule has 1 aliphatic rings. The number of aromatic amines is 1. The predicted octanol–water partition coefficient (Wildman–Crippen LogP) is 5.81. The Morgan fingerprint density at radius 1 is 1.10 bits per heavy atom. The van der Waals surface area contributed by atoms with Crippen molar-refractivity contribution in [2.75, 3.05) is 13.1 Å². The quantitative estimate of drug-likeness (QED) is 0.464. The number of likely N-dealkylation sites (tertiary alicyclic amines) is 1. The largest absolute Gasteiger partial charge is 0.419 e. The maximum absolute atomic E-state index is 6.08. The lowest BCUT2D eigenvalue weighted by atomic mass is 9.88. The van der Waals surface area contributed by atoms with Crippen molar-refractivity contribution < 1.29 is 4.42 Å². The second-order valence-electron chi connectivity index (χ2n) is 7.73. The molecule has 148 valence electrons. The summed E-state index contributed by atoms with van der Waals surface area (Å²) in [5.41, 5.74) is 3.51. The van der Waals surface area contributed by atoms with E-state index in [1.165, 1.54) is 16.5 Å². The normalized spacial score (nSPS) is 17.0. The summed E-state index contributed by atoms with van der Waals surface area (Å²) in [6.07, 6.45) is 4.44. The van der Waals surface area contributed by atoms with Gasteiger partial charge in [-0.05, 0) is 68.6 Å². The van der Waals surface area contributed by atoms with Gasteiger partial charge in [0.15, 0.2) is 0 Å². The number of piperidine rings is 1. The molecule has 1 atom stereocenters. The summed E-state index contributed by atoms with van der Waals surface area (Å²) in [4.78, 5) is 5.84. The molecule has 1 saturated heterocycles. The van der Waals surface area contributed by atoms with Gasteiger partial charge in [-0.3, -0.25) is 4.90 Å². The SMILES string of the molecule is CC(c1nnc(-c2cccc(Cl)c2)o1)N1CCC(c2c[nH]c3ccccc23)CC1. The van der Waals surface area contributed by atoms with E-state index in [0.29, 0.717) is 22.7 Å². The zero-order chi connectivity index (χ0) is 19.8. The van der Waals surface area contributed by atoms with Crippen molar-refractivity contribution in [1.82, 2.24) is 20.1 Å². The van der Waals surface area contributed by atoms with Crippen LogP contribution in [-0.2, 0) is 0 Å². The Labute approximate surface area is 174 Å². The monoisotopic (exact) mass is 406 g/mol. The fourth-order valence-corrected chi connectivity index (χ4v) is 4.52. The smallest absolute Gasteiger partial charge is 0.247 e. The molecule has 0 aliphatic carbocycles. The van der Waals surface area contributed by atoms with Crippen LogP contribution in [0, 0.1) is 0 Å². The van der Waals surface area contributed by atoms with Crippen LogP contribution in [0.15, 0.2) is 59.1 Å². The lowest BCUT2D eigenvalue weighted by Crippen LogP contribution is -2.35. The van der Waals surface area contributed by atoms with E-state index in [4.69, 9.17) is 16.0 Å². The average molecular weight is 407 g/mol. The van der Waals surface area contributed by atoms with Gasteiger partial charge in [-0.1, -0.05) is 35.9 Å². The molecule has 5 rings (SSSR count). The average Bonchev–Trinajstić information content (AvgIpc) is 3.41. The maximum Gasteiger partial charge on any atom is 0.247 e. The molecular formula is C23H23ClN4O. The summed E-state index contributed by atoms with van der Waals surface area (Å²) >= 11 is 6.08. The van der Waals surface area contributed by atoms with Gasteiger partial charge in [0, 0.05) is 27.7 Å². The standard InChI is InChI=1S/C23H23ClN4O/c1-15(22-26-27-23(29-22)17-5-4-6-18(24)13-17)28-11-9-16(10-12-28)20-14-25-21-8-3-2-7-19(20)21/h2-8,13-16,25H,9-12H2,1H3. The van der Waals surface area contributed by atoms with Gasteiger partial charge < -0.3 is 9.40 Å². The zero-order valence-corrected chi connectivity index (χ0v) is 17.1. The zero-order valence-electron chi connectivity index (χ0n) is 16.3. The van der Waals surface area contributed by atoms with Crippen molar-refractivity contribution in [3.05, 3.63) is 71.2 Å². The number of fused-ring (bicyclic) bond motifs is 1. The highest BCUT2D eigenvalue weighted by molar-refractivity contribution is 6.30. The predicted molar refractivity (Wildman–Crippen MR) is 115 cm³/mol. The van der Waals surface area contributed by atoms with Gasteiger partial charge in [-0.15, -0.1) is 10.2 Å². The van der Waals surface area contributed by atoms with E-state index in [2.05, 4.69) is 57.5 Å². The number of para-hydroxylation sites is 1. The molecule has 4 aromatic rings. The number of rotatable bonds is 4. The lowest BCUT2D eigenvalue weighted by molar-refractivity contribution is 0.143. The summed E-state index contributed by atoms with van der Waals surface area (Å²) in [5.74, 6) is 1.76. The second-order valence-corrected chi connectivity index (χ2v) is 8.17. The number of hydrogen-bond donors (Lipinski definition) is 1. The van der Waals surface area contributed by atoms with E-state index in [9.17, 15) is 0 Å². The summed E-state index contributed by atoms with van der Waals surface area (Å²) < 4.78 is 5.97. The molecule has 0 bridgehead atoms. The molecule has 3 heterocycles. The van der Waals surface area contributed by atoms with Crippen LogP contribution in [0.5, 0.6) is 0 Å². The number of nitrogens with zero attached hydrogens (tertiary/aromatic N) is 3. The first-order valence-corrected chi connectivity index (χ1v) is 10.5. The molecule has 1 fully saturated rings. The number of halogens is 1. The van der Waals surface area contributed by atoms with Crippen LogP contribution < -0.4 is 0 Å². The molecule has 2 aromatic carbocycles. The third-order valence-corrected chi connectivity index (χ3v) is 6.24. The minimum absolute atomic E-state index is 0.0966. The van der Waals surface area contributed by atoms with Crippen LogP contribution in [0.1, 0.15) is 43.2 Å². The van der Waals surface area contributed by atoms with Crippen molar-refractivity contribution in [3.63, 3.8) is 0 Å². The number of H-pyrrole nitrogens is 1. The van der Waals surface area contributed by atoms with Crippen LogP contribution in [0.2, 0.25) is 5.02 Å². The first-order valence-electron chi connectivity index (χ1n) is 10.1. The van der Waals surface area contributed by atoms with Crippen molar-refractivity contribution >= 4 is 22.5 Å². The number of benzene rings is 2. The summed E-state index contributed by atoms with van der Waals surface area (Å²) in [6, 6.07) is 16.1. The highest BCUT2D eigenvalue weighted by atomic mass is 35.5. The van der Waals surface area contributed by atoms with Gasteiger partial charge in [0.25, 0.3) is 0 Å². The third-order valence-electron chi connectivity index (χ3n) is 6.01. The molecule has 1 N–H and O–H groups in total. The van der Waals surface area contributed by atoms with E-state index in [0.717, 1.165) is 31.5 Å². The van der Waals surface area contributed by atoms with Crippen LogP contribution in [0.4, 0.5) is 0 Å². The highest BCUT2D eigenvalue weighted by Crippen LogP contribution is 2.35. The Balaban J connectivity index is 1.27. The third kappa shape index (κ3) is 3.56. The van der Waals surface area contributed by atoms with Gasteiger partial charge in [-0.2, -0.15) is 0 Å². The molecule has 0 amide bonds. The summed E-state index contributed by atoms with van der Waals surface area (Å²) in [6.45, 7) is 4.17. The van der Waals surface area contributed by atoms with E-state index in [-0.39, 0.29) is 6.04 Å². The Bertz CT molecular complexity index is 1130. The molecule has 1 unspecified atom stereocenters. The van der Waals surface area contributed by atoms with Crippen molar-refractivity contribution in [1.29, 1.82) is 0 Å². The van der Waals surface area contributed by atoms with Crippen molar-refractivity contribution in [2.24, 2.45) is 0 Å². The Kier molecular flexibility index (Phi) is 4.86. The van der Waals surface area contributed by atoms with E-state index >= 15 is 0 Å². The van der Waals surface area contributed by atoms with Crippen molar-refractivity contribution in [2.45, 2.75) is 31.7 Å². The Hall–Kier alpha value is -2.63. The number of hydrogen-bond acceptors (Lipinski definition) is 4. The van der Waals surface area contributed by atoms with E-state index < -0.39 is 0 Å². The van der Waals surface area contributed by atoms with E-state index in [1.54, 1.807) is 0 Å².